The average Bonchev–Trinajstić information content (AvgIpc) is 2.38. The van der Waals surface area contributed by atoms with Crippen molar-refractivity contribution in [3.8, 4) is 0 Å². The van der Waals surface area contributed by atoms with Gasteiger partial charge in [-0.1, -0.05) is 51.0 Å². The highest BCUT2D eigenvalue weighted by atomic mass is 16.1. The Bertz CT molecular complexity index is 408. The number of Topliss-reactive ketones (excluding diaryl/α,β-unsaturated/α-hetero) is 1. The summed E-state index contributed by atoms with van der Waals surface area (Å²) in [6.45, 7) is 4.32. The van der Waals surface area contributed by atoms with E-state index in [2.05, 4.69) is 26.0 Å². The van der Waals surface area contributed by atoms with Crippen LogP contribution in [-0.4, -0.2) is 11.8 Å². The largest absolute Gasteiger partial charge is 0.327 e. The number of benzene rings is 1. The van der Waals surface area contributed by atoms with Crippen LogP contribution in [0.4, 0.5) is 0 Å². The SMILES string of the molecule is CC(C)c1ccc(C(=O)C2CCCCC2N)cc1. The lowest BCUT2D eigenvalue weighted by Crippen LogP contribution is -2.38. The van der Waals surface area contributed by atoms with E-state index in [1.54, 1.807) is 0 Å². The molecular weight excluding hydrogens is 222 g/mol. The maximum atomic E-state index is 12.4. The molecule has 0 aliphatic heterocycles. The van der Waals surface area contributed by atoms with E-state index in [9.17, 15) is 4.79 Å². The number of ketones is 1. The van der Waals surface area contributed by atoms with E-state index in [0.717, 1.165) is 31.2 Å². The van der Waals surface area contributed by atoms with Crippen LogP contribution in [-0.2, 0) is 0 Å². The van der Waals surface area contributed by atoms with Crippen molar-refractivity contribution in [1.29, 1.82) is 0 Å². The summed E-state index contributed by atoms with van der Waals surface area (Å²) in [6, 6.07) is 8.09. The second-order valence-corrected chi connectivity index (χ2v) is 5.70. The first kappa shape index (κ1) is 13.3. The Morgan fingerprint density at radius 3 is 2.33 bits per heavy atom. The van der Waals surface area contributed by atoms with Crippen LogP contribution < -0.4 is 5.73 Å². The van der Waals surface area contributed by atoms with Crippen LogP contribution in [0.1, 0.15) is 61.4 Å². The smallest absolute Gasteiger partial charge is 0.167 e. The molecule has 2 heteroatoms. The molecule has 0 amide bonds. The first-order valence-electron chi connectivity index (χ1n) is 6.99. The summed E-state index contributed by atoms with van der Waals surface area (Å²) in [7, 11) is 0. The third kappa shape index (κ3) is 2.81. The highest BCUT2D eigenvalue weighted by Gasteiger charge is 2.28. The molecule has 0 saturated heterocycles. The minimum atomic E-state index is 0.0312. The highest BCUT2D eigenvalue weighted by molar-refractivity contribution is 5.98. The lowest BCUT2D eigenvalue weighted by atomic mass is 9.80. The lowest BCUT2D eigenvalue weighted by Gasteiger charge is -2.27. The molecule has 98 valence electrons. The molecule has 0 spiro atoms. The zero-order valence-electron chi connectivity index (χ0n) is 11.4. The molecule has 1 aliphatic carbocycles. The number of carbonyl (C=O) groups is 1. The van der Waals surface area contributed by atoms with Crippen molar-refractivity contribution in [2.75, 3.05) is 0 Å². The summed E-state index contributed by atoms with van der Waals surface area (Å²) in [5.41, 5.74) is 8.17. The van der Waals surface area contributed by atoms with Gasteiger partial charge in [0.1, 0.15) is 0 Å². The molecule has 1 aromatic rings. The minimum absolute atomic E-state index is 0.0312. The first-order chi connectivity index (χ1) is 8.59. The van der Waals surface area contributed by atoms with Crippen molar-refractivity contribution >= 4 is 5.78 Å². The van der Waals surface area contributed by atoms with Crippen LogP contribution in [0.3, 0.4) is 0 Å². The molecule has 0 bridgehead atoms. The maximum absolute atomic E-state index is 12.4. The van der Waals surface area contributed by atoms with Gasteiger partial charge in [-0.15, -0.1) is 0 Å². The average molecular weight is 245 g/mol. The molecule has 1 aliphatic rings. The van der Waals surface area contributed by atoms with Crippen molar-refractivity contribution < 1.29 is 4.79 Å². The Labute approximate surface area is 110 Å². The Morgan fingerprint density at radius 1 is 1.17 bits per heavy atom. The monoisotopic (exact) mass is 245 g/mol. The zero-order valence-corrected chi connectivity index (χ0v) is 11.4. The van der Waals surface area contributed by atoms with Gasteiger partial charge < -0.3 is 5.73 Å². The molecule has 2 unspecified atom stereocenters. The fourth-order valence-corrected chi connectivity index (χ4v) is 2.73. The van der Waals surface area contributed by atoms with Gasteiger partial charge >= 0.3 is 0 Å². The van der Waals surface area contributed by atoms with E-state index in [1.165, 1.54) is 5.56 Å². The Hall–Kier alpha value is -1.15. The number of rotatable bonds is 3. The summed E-state index contributed by atoms with van der Waals surface area (Å²) in [5.74, 6) is 0.771. The van der Waals surface area contributed by atoms with Crippen LogP contribution in [0.5, 0.6) is 0 Å². The maximum Gasteiger partial charge on any atom is 0.167 e. The fraction of sp³-hybridized carbons (Fsp3) is 0.562. The van der Waals surface area contributed by atoms with Crippen LogP contribution in [0.2, 0.25) is 0 Å². The molecule has 1 fully saturated rings. The molecule has 1 aromatic carbocycles. The van der Waals surface area contributed by atoms with Gasteiger partial charge in [-0.3, -0.25) is 4.79 Å². The Kier molecular flexibility index (Phi) is 4.18. The van der Waals surface area contributed by atoms with E-state index in [4.69, 9.17) is 5.73 Å². The van der Waals surface area contributed by atoms with E-state index in [1.807, 2.05) is 12.1 Å². The highest BCUT2D eigenvalue weighted by Crippen LogP contribution is 2.26. The Morgan fingerprint density at radius 2 is 1.78 bits per heavy atom. The van der Waals surface area contributed by atoms with Gasteiger partial charge in [0.15, 0.2) is 5.78 Å². The summed E-state index contributed by atoms with van der Waals surface area (Å²) in [5, 5.41) is 0. The standard InChI is InChI=1S/C16H23NO/c1-11(2)12-7-9-13(10-8-12)16(18)14-5-3-4-6-15(14)17/h7-11,14-15H,3-6,17H2,1-2H3. The van der Waals surface area contributed by atoms with Crippen LogP contribution in [0.15, 0.2) is 24.3 Å². The number of carbonyl (C=O) groups excluding carboxylic acids is 1. The third-order valence-electron chi connectivity index (χ3n) is 4.02. The normalized spacial score (nSPS) is 24.2. The van der Waals surface area contributed by atoms with E-state index in [-0.39, 0.29) is 17.7 Å². The summed E-state index contributed by atoms with van der Waals surface area (Å²) in [6.07, 6.45) is 4.23. The zero-order chi connectivity index (χ0) is 13.1. The van der Waals surface area contributed by atoms with Gasteiger partial charge in [-0.25, -0.2) is 0 Å². The number of hydrogen-bond acceptors (Lipinski definition) is 2. The van der Waals surface area contributed by atoms with Gasteiger partial charge in [0.2, 0.25) is 0 Å². The van der Waals surface area contributed by atoms with Crippen molar-refractivity contribution in [2.24, 2.45) is 11.7 Å². The van der Waals surface area contributed by atoms with E-state index in [0.29, 0.717) is 5.92 Å². The molecule has 0 radical (unpaired) electrons. The molecule has 18 heavy (non-hydrogen) atoms. The van der Waals surface area contributed by atoms with Gasteiger partial charge in [0, 0.05) is 17.5 Å². The molecule has 0 aromatic heterocycles. The van der Waals surface area contributed by atoms with Crippen LogP contribution >= 0.6 is 0 Å². The van der Waals surface area contributed by atoms with Gasteiger partial charge in [-0.05, 0) is 24.3 Å². The van der Waals surface area contributed by atoms with Gasteiger partial charge in [0.25, 0.3) is 0 Å². The summed E-state index contributed by atoms with van der Waals surface area (Å²) >= 11 is 0. The van der Waals surface area contributed by atoms with Crippen molar-refractivity contribution in [2.45, 2.75) is 51.5 Å². The molecule has 2 rings (SSSR count). The lowest BCUT2D eigenvalue weighted by molar-refractivity contribution is 0.0871. The fourth-order valence-electron chi connectivity index (χ4n) is 2.73. The molecular formula is C16H23NO. The molecule has 2 nitrogen and oxygen atoms in total. The van der Waals surface area contributed by atoms with Crippen molar-refractivity contribution in [3.05, 3.63) is 35.4 Å². The van der Waals surface area contributed by atoms with Crippen molar-refractivity contribution in [3.63, 3.8) is 0 Å². The number of hydrogen-bond donors (Lipinski definition) is 1. The molecule has 2 N–H and O–H groups in total. The molecule has 1 saturated carbocycles. The topological polar surface area (TPSA) is 43.1 Å². The second-order valence-electron chi connectivity index (χ2n) is 5.70. The molecule has 0 heterocycles. The quantitative estimate of drug-likeness (QED) is 0.828. The predicted octanol–water partition coefficient (Wildman–Crippen LogP) is 3.51. The van der Waals surface area contributed by atoms with Crippen molar-refractivity contribution in [1.82, 2.24) is 0 Å². The summed E-state index contributed by atoms with van der Waals surface area (Å²) in [4.78, 5) is 12.4. The van der Waals surface area contributed by atoms with Gasteiger partial charge in [-0.2, -0.15) is 0 Å². The van der Waals surface area contributed by atoms with Gasteiger partial charge in [0.05, 0.1) is 0 Å². The van der Waals surface area contributed by atoms with E-state index < -0.39 is 0 Å². The predicted molar refractivity (Wildman–Crippen MR) is 74.8 cm³/mol. The third-order valence-corrected chi connectivity index (χ3v) is 4.02. The minimum Gasteiger partial charge on any atom is -0.327 e. The van der Waals surface area contributed by atoms with Crippen LogP contribution in [0, 0.1) is 5.92 Å². The second kappa shape index (κ2) is 5.66. The van der Waals surface area contributed by atoms with E-state index >= 15 is 0 Å². The number of nitrogens with two attached hydrogens (primary N) is 1. The summed E-state index contributed by atoms with van der Waals surface area (Å²) < 4.78 is 0. The van der Waals surface area contributed by atoms with Crippen LogP contribution in [0.25, 0.3) is 0 Å². The molecule has 2 atom stereocenters. The Balaban J connectivity index is 2.13. The first-order valence-corrected chi connectivity index (χ1v) is 6.99.